The van der Waals surface area contributed by atoms with E-state index in [1.54, 1.807) is 0 Å². The molecule has 6 N–H and O–H groups in total. The zero-order valence-corrected chi connectivity index (χ0v) is 22.6. The molecule has 0 saturated carbocycles. The third-order valence-electron chi connectivity index (χ3n) is 7.01. The molecule has 38 heavy (non-hydrogen) atoms. The third-order valence-corrected chi connectivity index (χ3v) is 7.01. The Labute approximate surface area is 224 Å². The van der Waals surface area contributed by atoms with Crippen molar-refractivity contribution in [3.8, 4) is 0 Å². The van der Waals surface area contributed by atoms with Gasteiger partial charge in [-0.15, -0.1) is 0 Å². The molecule has 0 aromatic heterocycles. The van der Waals surface area contributed by atoms with Gasteiger partial charge in [-0.3, -0.25) is 4.79 Å². The van der Waals surface area contributed by atoms with E-state index in [0.29, 0.717) is 6.61 Å². The fourth-order valence-corrected chi connectivity index (χ4v) is 4.80. The maximum atomic E-state index is 11.3. The second-order valence-corrected chi connectivity index (χ2v) is 10.1. The largest absolute Gasteiger partial charge is 0.457 e. The van der Waals surface area contributed by atoms with Crippen LogP contribution in [-0.2, 0) is 28.5 Å². The molecule has 0 amide bonds. The van der Waals surface area contributed by atoms with E-state index in [4.69, 9.17) is 23.7 Å². The van der Waals surface area contributed by atoms with Gasteiger partial charge in [-0.25, -0.2) is 0 Å². The average Bonchev–Trinajstić information content (AvgIpc) is 2.90. The lowest BCUT2D eigenvalue weighted by atomic mass is 9.97. The molecular formula is C26H48O12. The van der Waals surface area contributed by atoms with Crippen molar-refractivity contribution >= 4 is 5.97 Å². The highest BCUT2D eigenvalue weighted by atomic mass is 16.7. The predicted octanol–water partition coefficient (Wildman–Crippen LogP) is 0.119. The lowest BCUT2D eigenvalue weighted by Gasteiger charge is -2.46. The van der Waals surface area contributed by atoms with Gasteiger partial charge in [-0.05, 0) is 6.42 Å². The highest BCUT2D eigenvalue weighted by molar-refractivity contribution is 5.66. The van der Waals surface area contributed by atoms with Crippen molar-refractivity contribution in [2.75, 3.05) is 19.8 Å². The van der Waals surface area contributed by atoms with Crippen LogP contribution in [0.15, 0.2) is 0 Å². The van der Waals surface area contributed by atoms with Crippen LogP contribution in [0.2, 0.25) is 0 Å². The number of carbonyl (C=O) groups is 1. The molecule has 4 unspecified atom stereocenters. The van der Waals surface area contributed by atoms with Gasteiger partial charge in [0.05, 0.1) is 13.2 Å². The van der Waals surface area contributed by atoms with Gasteiger partial charge in [0.2, 0.25) is 0 Å². The molecule has 2 aliphatic heterocycles. The van der Waals surface area contributed by atoms with Crippen LogP contribution in [-0.4, -0.2) is 118 Å². The van der Waals surface area contributed by atoms with Crippen LogP contribution in [0.1, 0.15) is 78.1 Å². The first-order valence-corrected chi connectivity index (χ1v) is 13.9. The second kappa shape index (κ2) is 17.7. The molecule has 12 heteroatoms. The maximum Gasteiger partial charge on any atom is 0.303 e. The van der Waals surface area contributed by atoms with Crippen molar-refractivity contribution in [1.29, 1.82) is 0 Å². The van der Waals surface area contributed by atoms with Crippen molar-refractivity contribution in [3.63, 3.8) is 0 Å². The van der Waals surface area contributed by atoms with E-state index in [2.05, 4.69) is 6.92 Å². The standard InChI is InChI=1S/C26H48O12/c1-3-4-5-6-7-8-9-10-11-12-13-34-25-21(32)19(30)24(18(15-28)36-25)38-26-22(33)20(31)23(35-16(2)29)17(14-27)37-26/h17-28,30-33H,3-15H2,1-2H3/t17?,18?,19-,20-,21?,22?,23+,24+,25-,26+/m1/s1. The van der Waals surface area contributed by atoms with E-state index < -0.39 is 80.6 Å². The van der Waals surface area contributed by atoms with E-state index in [-0.39, 0.29) is 0 Å². The first-order chi connectivity index (χ1) is 18.2. The van der Waals surface area contributed by atoms with Crippen LogP contribution in [0.25, 0.3) is 0 Å². The first kappa shape index (κ1) is 33.3. The van der Waals surface area contributed by atoms with Crippen LogP contribution in [0.5, 0.6) is 0 Å². The molecule has 0 radical (unpaired) electrons. The summed E-state index contributed by atoms with van der Waals surface area (Å²) >= 11 is 0. The number of esters is 1. The number of hydrogen-bond donors (Lipinski definition) is 6. The molecular weight excluding hydrogens is 504 g/mol. The zero-order chi connectivity index (χ0) is 28.1. The first-order valence-electron chi connectivity index (χ1n) is 13.9. The minimum Gasteiger partial charge on any atom is -0.457 e. The zero-order valence-electron chi connectivity index (χ0n) is 22.6. The summed E-state index contributed by atoms with van der Waals surface area (Å²) < 4.78 is 27.3. The number of aliphatic hydroxyl groups excluding tert-OH is 6. The molecule has 0 bridgehead atoms. The van der Waals surface area contributed by atoms with E-state index in [9.17, 15) is 35.4 Å². The van der Waals surface area contributed by atoms with Gasteiger partial charge >= 0.3 is 5.97 Å². The Balaban J connectivity index is 1.80. The summed E-state index contributed by atoms with van der Waals surface area (Å²) in [6.45, 7) is 2.36. The van der Waals surface area contributed by atoms with Crippen LogP contribution < -0.4 is 0 Å². The summed E-state index contributed by atoms with van der Waals surface area (Å²) in [6.07, 6.45) is -2.72. The maximum absolute atomic E-state index is 11.3. The van der Waals surface area contributed by atoms with Gasteiger partial charge in [-0.1, -0.05) is 64.7 Å². The number of unbranched alkanes of at least 4 members (excludes halogenated alkanes) is 9. The van der Waals surface area contributed by atoms with E-state index in [1.165, 1.54) is 44.9 Å². The number of ether oxygens (including phenoxy) is 5. The monoisotopic (exact) mass is 552 g/mol. The summed E-state index contributed by atoms with van der Waals surface area (Å²) in [5.41, 5.74) is 0. The van der Waals surface area contributed by atoms with Crippen LogP contribution >= 0.6 is 0 Å². The summed E-state index contributed by atoms with van der Waals surface area (Å²) in [5, 5.41) is 61.5. The molecule has 2 saturated heterocycles. The van der Waals surface area contributed by atoms with E-state index in [0.717, 1.165) is 26.2 Å². The summed E-state index contributed by atoms with van der Waals surface area (Å²) in [4.78, 5) is 11.3. The Morgan fingerprint density at radius 3 is 1.71 bits per heavy atom. The van der Waals surface area contributed by atoms with Crippen molar-refractivity contribution in [3.05, 3.63) is 0 Å². The van der Waals surface area contributed by atoms with Crippen molar-refractivity contribution in [2.24, 2.45) is 0 Å². The quantitative estimate of drug-likeness (QED) is 0.106. The topological polar surface area (TPSA) is 185 Å². The smallest absolute Gasteiger partial charge is 0.303 e. The Morgan fingerprint density at radius 2 is 1.16 bits per heavy atom. The van der Waals surface area contributed by atoms with E-state index in [1.807, 2.05) is 0 Å². The van der Waals surface area contributed by atoms with Crippen LogP contribution in [0.4, 0.5) is 0 Å². The van der Waals surface area contributed by atoms with Crippen molar-refractivity contribution in [2.45, 2.75) is 139 Å². The fraction of sp³-hybridized carbons (Fsp3) is 0.962. The number of rotatable bonds is 17. The minimum atomic E-state index is -1.73. The average molecular weight is 553 g/mol. The summed E-state index contributed by atoms with van der Waals surface area (Å²) in [6, 6.07) is 0. The molecule has 2 rings (SSSR count). The highest BCUT2D eigenvalue weighted by Gasteiger charge is 2.51. The molecule has 0 spiro atoms. The Bertz CT molecular complexity index is 648. The molecule has 2 aliphatic rings. The molecule has 12 nitrogen and oxygen atoms in total. The minimum absolute atomic E-state index is 0.307. The molecule has 2 heterocycles. The second-order valence-electron chi connectivity index (χ2n) is 10.1. The molecule has 2 fully saturated rings. The van der Waals surface area contributed by atoms with Gasteiger partial charge < -0.3 is 54.3 Å². The molecule has 224 valence electrons. The fourth-order valence-electron chi connectivity index (χ4n) is 4.80. The number of hydrogen-bond acceptors (Lipinski definition) is 12. The predicted molar refractivity (Wildman–Crippen MR) is 134 cm³/mol. The third kappa shape index (κ3) is 9.92. The molecule has 0 aliphatic carbocycles. The van der Waals surface area contributed by atoms with Crippen LogP contribution in [0.3, 0.4) is 0 Å². The van der Waals surface area contributed by atoms with Crippen molar-refractivity contribution in [1.82, 2.24) is 0 Å². The Kier molecular flexibility index (Phi) is 15.5. The van der Waals surface area contributed by atoms with Gasteiger partial charge in [-0.2, -0.15) is 0 Å². The van der Waals surface area contributed by atoms with Crippen molar-refractivity contribution < 1.29 is 59.1 Å². The summed E-state index contributed by atoms with van der Waals surface area (Å²) in [7, 11) is 0. The highest BCUT2D eigenvalue weighted by Crippen LogP contribution is 2.30. The number of aliphatic hydroxyl groups is 6. The van der Waals surface area contributed by atoms with Gasteiger partial charge in [0.25, 0.3) is 0 Å². The van der Waals surface area contributed by atoms with Crippen LogP contribution in [0, 0.1) is 0 Å². The Morgan fingerprint density at radius 1 is 0.684 bits per heavy atom. The SMILES string of the molecule is CCCCCCCCCCCCO[C@@H]1OC(CO)[C@H](O[C@@H]2OC(CO)[C@H](OC(C)=O)[C@H](O)C2O)[C@H](O)C1O. The van der Waals surface area contributed by atoms with Gasteiger partial charge in [0.15, 0.2) is 18.7 Å². The Hall–Kier alpha value is -0.930. The lowest BCUT2D eigenvalue weighted by molar-refractivity contribution is -0.359. The lowest BCUT2D eigenvalue weighted by Crippen LogP contribution is -2.65. The normalized spacial score (nSPS) is 35.8. The molecule has 0 aromatic carbocycles. The number of carbonyl (C=O) groups excluding carboxylic acids is 1. The molecule has 0 aromatic rings. The van der Waals surface area contributed by atoms with Gasteiger partial charge in [0, 0.05) is 13.5 Å². The molecule has 10 atom stereocenters. The van der Waals surface area contributed by atoms with Gasteiger partial charge in [0.1, 0.15) is 42.7 Å². The summed E-state index contributed by atoms with van der Waals surface area (Å²) in [5.74, 6) is -0.744. The van der Waals surface area contributed by atoms with E-state index >= 15 is 0 Å².